The summed E-state index contributed by atoms with van der Waals surface area (Å²) >= 11 is 0. The van der Waals surface area contributed by atoms with Gasteiger partial charge in [-0.3, -0.25) is 4.79 Å². The van der Waals surface area contributed by atoms with E-state index in [9.17, 15) is 18.0 Å². The van der Waals surface area contributed by atoms with E-state index in [0.29, 0.717) is 17.1 Å². The molecule has 1 rings (SSSR count). The van der Waals surface area contributed by atoms with E-state index in [2.05, 4.69) is 5.32 Å². The summed E-state index contributed by atoms with van der Waals surface area (Å²) in [7, 11) is 2.99. The molecule has 8 heteroatoms. The zero-order chi connectivity index (χ0) is 15.9. The number of carbonyl (C=O) groups is 1. The molecule has 1 aromatic carbocycles. The van der Waals surface area contributed by atoms with Gasteiger partial charge in [-0.05, 0) is 18.2 Å². The van der Waals surface area contributed by atoms with Crippen molar-refractivity contribution in [3.05, 3.63) is 23.8 Å². The topological polar surface area (TPSA) is 59.6 Å². The van der Waals surface area contributed by atoms with Crippen LogP contribution in [0.15, 0.2) is 18.2 Å². The number of carbonyl (C=O) groups excluding carboxylic acids is 1. The minimum Gasteiger partial charge on any atom is -0.497 e. The highest BCUT2D eigenvalue weighted by Gasteiger charge is 2.26. The maximum Gasteiger partial charge on any atom is 0.401 e. The monoisotopic (exact) mass is 306 g/mol. The number of ether oxygens (including phenoxy) is 2. The molecule has 1 aromatic rings. The van der Waals surface area contributed by atoms with Crippen LogP contribution in [0.2, 0.25) is 0 Å². The number of amides is 1. The Morgan fingerprint density at radius 2 is 1.95 bits per heavy atom. The van der Waals surface area contributed by atoms with Gasteiger partial charge in [0.2, 0.25) is 5.91 Å². The normalized spacial score (nSPS) is 11.1. The number of benzene rings is 1. The third-order valence-corrected chi connectivity index (χ3v) is 2.57. The summed E-state index contributed by atoms with van der Waals surface area (Å²) in [5.41, 5.74) is 0.668. The Morgan fingerprint density at radius 3 is 2.52 bits per heavy atom. The van der Waals surface area contributed by atoms with Gasteiger partial charge in [-0.25, -0.2) is 0 Å². The van der Waals surface area contributed by atoms with Gasteiger partial charge in [0.1, 0.15) is 11.5 Å². The molecular formula is C13H17F3N2O3. The number of hydrogen-bond donors (Lipinski definition) is 2. The van der Waals surface area contributed by atoms with Crippen molar-refractivity contribution in [3.63, 3.8) is 0 Å². The van der Waals surface area contributed by atoms with Gasteiger partial charge in [0, 0.05) is 12.1 Å². The van der Waals surface area contributed by atoms with Crippen LogP contribution in [-0.2, 0) is 11.3 Å². The molecule has 0 aliphatic carbocycles. The molecule has 0 unspecified atom stereocenters. The summed E-state index contributed by atoms with van der Waals surface area (Å²) in [5, 5.41) is 4.53. The lowest BCUT2D eigenvalue weighted by atomic mass is 10.2. The van der Waals surface area contributed by atoms with E-state index in [4.69, 9.17) is 9.47 Å². The minimum atomic E-state index is -4.34. The first kappa shape index (κ1) is 17.1. The molecule has 5 nitrogen and oxygen atoms in total. The van der Waals surface area contributed by atoms with Gasteiger partial charge in [-0.2, -0.15) is 13.2 Å². The van der Waals surface area contributed by atoms with Crippen molar-refractivity contribution in [2.75, 3.05) is 27.3 Å². The molecule has 118 valence electrons. The Morgan fingerprint density at radius 1 is 1.24 bits per heavy atom. The van der Waals surface area contributed by atoms with Crippen molar-refractivity contribution < 1.29 is 27.4 Å². The second kappa shape index (κ2) is 7.72. The summed E-state index contributed by atoms with van der Waals surface area (Å²) in [4.78, 5) is 11.4. The molecule has 0 aromatic heterocycles. The first-order valence-corrected chi connectivity index (χ1v) is 6.11. The van der Waals surface area contributed by atoms with E-state index >= 15 is 0 Å². The first-order valence-electron chi connectivity index (χ1n) is 6.11. The molecule has 0 saturated carbocycles. The average Bonchev–Trinajstić information content (AvgIpc) is 2.43. The lowest BCUT2D eigenvalue weighted by Crippen LogP contribution is -2.38. The quantitative estimate of drug-likeness (QED) is 0.801. The van der Waals surface area contributed by atoms with E-state index < -0.39 is 25.2 Å². The van der Waals surface area contributed by atoms with Crippen LogP contribution < -0.4 is 20.1 Å². The number of halogens is 3. The lowest BCUT2D eigenvalue weighted by molar-refractivity contribution is -0.128. The highest BCUT2D eigenvalue weighted by Crippen LogP contribution is 2.23. The van der Waals surface area contributed by atoms with Crippen LogP contribution in [0.4, 0.5) is 13.2 Å². The van der Waals surface area contributed by atoms with Crippen molar-refractivity contribution in [1.82, 2.24) is 10.6 Å². The van der Waals surface area contributed by atoms with E-state index in [-0.39, 0.29) is 6.54 Å². The van der Waals surface area contributed by atoms with E-state index in [1.54, 1.807) is 18.2 Å². The van der Waals surface area contributed by atoms with Gasteiger partial charge in [-0.15, -0.1) is 0 Å². The van der Waals surface area contributed by atoms with Crippen LogP contribution >= 0.6 is 0 Å². The van der Waals surface area contributed by atoms with Gasteiger partial charge in [0.15, 0.2) is 0 Å². The van der Waals surface area contributed by atoms with E-state index in [0.717, 1.165) is 0 Å². The van der Waals surface area contributed by atoms with Gasteiger partial charge in [0.05, 0.1) is 27.3 Å². The molecule has 1 amide bonds. The standard InChI is InChI=1S/C13H17F3N2O3/c1-20-10-3-4-11(21-2)9(5-10)6-18-12(19)7-17-8-13(14,15)16/h3-5,17H,6-8H2,1-2H3,(H,18,19). The summed E-state index contributed by atoms with van der Waals surface area (Å²) < 4.78 is 45.9. The summed E-state index contributed by atoms with van der Waals surface area (Å²) in [6, 6.07) is 5.07. The Balaban J connectivity index is 2.49. The fourth-order valence-corrected chi connectivity index (χ4v) is 1.59. The first-order chi connectivity index (χ1) is 9.85. The van der Waals surface area contributed by atoms with Gasteiger partial charge < -0.3 is 20.1 Å². The fourth-order valence-electron chi connectivity index (χ4n) is 1.59. The van der Waals surface area contributed by atoms with Crippen LogP contribution in [0.5, 0.6) is 11.5 Å². The SMILES string of the molecule is COc1ccc(OC)c(CNC(=O)CNCC(F)(F)F)c1. The fraction of sp³-hybridized carbons (Fsp3) is 0.462. The van der Waals surface area contributed by atoms with E-state index in [1.165, 1.54) is 14.2 Å². The average molecular weight is 306 g/mol. The van der Waals surface area contributed by atoms with Crippen LogP contribution in [0.3, 0.4) is 0 Å². The summed E-state index contributed by atoms with van der Waals surface area (Å²) in [6.07, 6.45) is -4.34. The molecule has 0 aliphatic rings. The highest BCUT2D eigenvalue weighted by atomic mass is 19.4. The zero-order valence-electron chi connectivity index (χ0n) is 11.7. The van der Waals surface area contributed by atoms with Crippen molar-refractivity contribution >= 4 is 5.91 Å². The third-order valence-electron chi connectivity index (χ3n) is 2.57. The molecule has 0 radical (unpaired) electrons. The number of alkyl halides is 3. The minimum absolute atomic E-state index is 0.132. The number of methoxy groups -OCH3 is 2. The summed E-state index contributed by atoms with van der Waals surface area (Å²) in [6.45, 7) is -1.48. The molecular weight excluding hydrogens is 289 g/mol. The Bertz CT molecular complexity index is 478. The van der Waals surface area contributed by atoms with Crippen molar-refractivity contribution in [3.8, 4) is 11.5 Å². The van der Waals surface area contributed by atoms with Crippen molar-refractivity contribution in [2.45, 2.75) is 12.7 Å². The Kier molecular flexibility index (Phi) is 6.29. The number of hydrogen-bond acceptors (Lipinski definition) is 4. The Hall–Kier alpha value is -1.96. The molecule has 0 heterocycles. The second-order valence-electron chi connectivity index (χ2n) is 4.17. The maximum absolute atomic E-state index is 11.9. The largest absolute Gasteiger partial charge is 0.497 e. The molecule has 0 aliphatic heterocycles. The molecule has 2 N–H and O–H groups in total. The zero-order valence-corrected chi connectivity index (χ0v) is 11.7. The van der Waals surface area contributed by atoms with Crippen molar-refractivity contribution in [1.29, 1.82) is 0 Å². The lowest BCUT2D eigenvalue weighted by Gasteiger charge is -2.12. The molecule has 0 bridgehead atoms. The summed E-state index contributed by atoms with van der Waals surface area (Å²) in [5.74, 6) is 0.610. The maximum atomic E-state index is 11.9. The molecule has 0 atom stereocenters. The van der Waals surface area contributed by atoms with Crippen LogP contribution in [-0.4, -0.2) is 39.4 Å². The second-order valence-corrected chi connectivity index (χ2v) is 4.17. The molecule has 0 fully saturated rings. The number of nitrogens with one attached hydrogen (secondary N) is 2. The van der Waals surface area contributed by atoms with Gasteiger partial charge in [0.25, 0.3) is 0 Å². The smallest absolute Gasteiger partial charge is 0.401 e. The van der Waals surface area contributed by atoms with Gasteiger partial charge >= 0.3 is 6.18 Å². The molecule has 0 saturated heterocycles. The molecule has 21 heavy (non-hydrogen) atoms. The van der Waals surface area contributed by atoms with Crippen molar-refractivity contribution in [2.24, 2.45) is 0 Å². The van der Waals surface area contributed by atoms with E-state index in [1.807, 2.05) is 5.32 Å². The van der Waals surface area contributed by atoms with Gasteiger partial charge in [-0.1, -0.05) is 0 Å². The van der Waals surface area contributed by atoms with Crippen LogP contribution in [0, 0.1) is 0 Å². The number of rotatable bonds is 7. The highest BCUT2D eigenvalue weighted by molar-refractivity contribution is 5.78. The predicted octanol–water partition coefficient (Wildman–Crippen LogP) is 1.47. The predicted molar refractivity (Wildman–Crippen MR) is 70.3 cm³/mol. The Labute approximate surface area is 120 Å². The van der Waals surface area contributed by atoms with Crippen LogP contribution in [0.1, 0.15) is 5.56 Å². The third kappa shape index (κ3) is 6.35. The molecule has 0 spiro atoms. The van der Waals surface area contributed by atoms with Crippen LogP contribution in [0.25, 0.3) is 0 Å².